The van der Waals surface area contributed by atoms with E-state index >= 15 is 0 Å². The van der Waals surface area contributed by atoms with Gasteiger partial charge < -0.3 is 15.0 Å². The van der Waals surface area contributed by atoms with Crippen molar-refractivity contribution in [2.45, 2.75) is 20.8 Å². The summed E-state index contributed by atoms with van der Waals surface area (Å²) in [6, 6.07) is 14.2. The third kappa shape index (κ3) is 6.06. The fraction of sp³-hybridized carbons (Fsp3) is 0.286. The number of carbonyl (C=O) groups is 2. The van der Waals surface area contributed by atoms with Crippen LogP contribution in [-0.4, -0.2) is 30.6 Å². The lowest BCUT2D eigenvalue weighted by Gasteiger charge is -2.16. The van der Waals surface area contributed by atoms with E-state index < -0.39 is 0 Å². The number of carbonyl (C=O) groups excluding carboxylic acids is 2. The zero-order valence-corrected chi connectivity index (χ0v) is 17.3. The van der Waals surface area contributed by atoms with E-state index in [0.29, 0.717) is 29.5 Å². The predicted octanol–water partition coefficient (Wildman–Crippen LogP) is 3.83. The summed E-state index contributed by atoms with van der Waals surface area (Å²) in [6.07, 6.45) is 0. The number of benzene rings is 2. The first-order chi connectivity index (χ1) is 13.3. The molecule has 0 unspecified atom stereocenters. The molecule has 148 valence electrons. The smallest absolute Gasteiger partial charge is 0.261 e. The molecule has 0 saturated carbocycles. The fourth-order valence-electron chi connectivity index (χ4n) is 2.32. The number of hydrogen-bond acceptors (Lipinski definition) is 4. The number of amides is 2. The minimum atomic E-state index is -0.343. The summed E-state index contributed by atoms with van der Waals surface area (Å²) in [4.78, 5) is 25.5. The van der Waals surface area contributed by atoms with Gasteiger partial charge in [0.15, 0.2) is 5.11 Å². The molecule has 0 aliphatic carbocycles. The first-order valence-electron chi connectivity index (χ1n) is 8.96. The van der Waals surface area contributed by atoms with Gasteiger partial charge in [-0.2, -0.15) is 0 Å². The fourth-order valence-corrected chi connectivity index (χ4v) is 2.53. The molecule has 0 fully saturated rings. The standard InChI is InChI=1S/C21H25N3O3S/c1-14(2)13-27-19-8-6-5-7-18(19)20(26)23-21(28)22-16-9-11-17(12-10-16)24(4)15(3)25/h5-12,14H,13H2,1-4H3,(H2,22,23,26,28). The lowest BCUT2D eigenvalue weighted by atomic mass is 10.2. The van der Waals surface area contributed by atoms with Gasteiger partial charge in [-0.3, -0.25) is 14.9 Å². The van der Waals surface area contributed by atoms with Crippen molar-refractivity contribution >= 4 is 40.5 Å². The number of thiocarbonyl (C=S) groups is 1. The number of ether oxygens (including phenoxy) is 1. The Morgan fingerprint density at radius 1 is 1.11 bits per heavy atom. The number of para-hydroxylation sites is 1. The molecule has 0 saturated heterocycles. The van der Waals surface area contributed by atoms with Crippen LogP contribution >= 0.6 is 12.2 Å². The van der Waals surface area contributed by atoms with E-state index in [0.717, 1.165) is 5.69 Å². The van der Waals surface area contributed by atoms with Crippen molar-refractivity contribution in [3.63, 3.8) is 0 Å². The molecule has 2 aromatic carbocycles. The van der Waals surface area contributed by atoms with E-state index in [9.17, 15) is 9.59 Å². The zero-order chi connectivity index (χ0) is 20.7. The molecule has 0 aliphatic heterocycles. The predicted molar refractivity (Wildman–Crippen MR) is 116 cm³/mol. The molecule has 0 radical (unpaired) electrons. The van der Waals surface area contributed by atoms with Crippen LogP contribution in [0.3, 0.4) is 0 Å². The first kappa shape index (κ1) is 21.4. The highest BCUT2D eigenvalue weighted by Gasteiger charge is 2.14. The Hall–Kier alpha value is -2.93. The lowest BCUT2D eigenvalue weighted by Crippen LogP contribution is -2.34. The molecule has 2 rings (SSSR count). The summed E-state index contributed by atoms with van der Waals surface area (Å²) in [6.45, 7) is 6.11. The Labute approximate surface area is 170 Å². The van der Waals surface area contributed by atoms with Crippen molar-refractivity contribution < 1.29 is 14.3 Å². The normalized spacial score (nSPS) is 10.3. The quantitative estimate of drug-likeness (QED) is 0.723. The third-order valence-corrected chi connectivity index (χ3v) is 4.12. The van der Waals surface area contributed by atoms with Gasteiger partial charge in [0.25, 0.3) is 5.91 Å². The second-order valence-electron chi connectivity index (χ2n) is 6.73. The average molecular weight is 400 g/mol. The highest BCUT2D eigenvalue weighted by atomic mass is 32.1. The lowest BCUT2D eigenvalue weighted by molar-refractivity contribution is -0.116. The van der Waals surface area contributed by atoms with E-state index in [2.05, 4.69) is 10.6 Å². The van der Waals surface area contributed by atoms with Crippen LogP contribution in [0.2, 0.25) is 0 Å². The Balaban J connectivity index is 2.00. The van der Waals surface area contributed by atoms with E-state index in [-0.39, 0.29) is 16.9 Å². The summed E-state index contributed by atoms with van der Waals surface area (Å²) in [5.41, 5.74) is 1.89. The molecule has 2 N–H and O–H groups in total. The van der Waals surface area contributed by atoms with Gasteiger partial charge in [0.1, 0.15) is 5.75 Å². The molecular weight excluding hydrogens is 374 g/mol. The maximum Gasteiger partial charge on any atom is 0.261 e. The van der Waals surface area contributed by atoms with Crippen LogP contribution in [0, 0.1) is 5.92 Å². The van der Waals surface area contributed by atoms with Crippen LogP contribution in [0.1, 0.15) is 31.1 Å². The maximum absolute atomic E-state index is 12.6. The van der Waals surface area contributed by atoms with Gasteiger partial charge >= 0.3 is 0 Å². The third-order valence-electron chi connectivity index (χ3n) is 3.92. The number of rotatable bonds is 6. The summed E-state index contributed by atoms with van der Waals surface area (Å²) >= 11 is 5.24. The first-order valence-corrected chi connectivity index (χ1v) is 9.37. The van der Waals surface area contributed by atoms with Gasteiger partial charge in [-0.25, -0.2) is 0 Å². The summed E-state index contributed by atoms with van der Waals surface area (Å²) < 4.78 is 5.72. The van der Waals surface area contributed by atoms with Crippen molar-refractivity contribution in [3.8, 4) is 5.75 Å². The number of anilines is 2. The topological polar surface area (TPSA) is 70.7 Å². The van der Waals surface area contributed by atoms with Crippen LogP contribution in [0.15, 0.2) is 48.5 Å². The molecule has 0 bridgehead atoms. The molecule has 0 heterocycles. The molecule has 6 nitrogen and oxygen atoms in total. The molecular formula is C21H25N3O3S. The van der Waals surface area contributed by atoms with Gasteiger partial charge in [-0.1, -0.05) is 26.0 Å². The summed E-state index contributed by atoms with van der Waals surface area (Å²) in [5, 5.41) is 5.81. The molecule has 2 aromatic rings. The van der Waals surface area contributed by atoms with Crippen LogP contribution in [-0.2, 0) is 4.79 Å². The van der Waals surface area contributed by atoms with Gasteiger partial charge in [0.05, 0.1) is 12.2 Å². The molecule has 0 aliphatic rings. The largest absolute Gasteiger partial charge is 0.492 e. The van der Waals surface area contributed by atoms with Gasteiger partial charge in [-0.05, 0) is 54.5 Å². The Bertz CT molecular complexity index is 850. The Morgan fingerprint density at radius 3 is 2.36 bits per heavy atom. The van der Waals surface area contributed by atoms with Crippen LogP contribution in [0.5, 0.6) is 5.75 Å². The van der Waals surface area contributed by atoms with E-state index in [1.165, 1.54) is 11.8 Å². The number of hydrogen-bond donors (Lipinski definition) is 2. The molecule has 7 heteroatoms. The van der Waals surface area contributed by atoms with Crippen LogP contribution < -0.4 is 20.3 Å². The SMILES string of the molecule is CC(=O)N(C)c1ccc(NC(=S)NC(=O)c2ccccc2OCC(C)C)cc1. The molecule has 2 amide bonds. The van der Waals surface area contributed by atoms with Crippen molar-refractivity contribution in [2.75, 3.05) is 23.9 Å². The average Bonchev–Trinajstić information content (AvgIpc) is 2.66. The maximum atomic E-state index is 12.6. The van der Waals surface area contributed by atoms with E-state index in [1.807, 2.05) is 19.9 Å². The number of nitrogens with one attached hydrogen (secondary N) is 2. The minimum Gasteiger partial charge on any atom is -0.492 e. The minimum absolute atomic E-state index is 0.0538. The van der Waals surface area contributed by atoms with Crippen LogP contribution in [0.25, 0.3) is 0 Å². The summed E-state index contributed by atoms with van der Waals surface area (Å²) in [7, 11) is 1.70. The number of nitrogens with zero attached hydrogens (tertiary/aromatic N) is 1. The second kappa shape index (κ2) is 9.85. The Morgan fingerprint density at radius 2 is 1.75 bits per heavy atom. The van der Waals surface area contributed by atoms with Crippen molar-refractivity contribution in [3.05, 3.63) is 54.1 Å². The highest BCUT2D eigenvalue weighted by Crippen LogP contribution is 2.19. The van der Waals surface area contributed by atoms with Gasteiger partial charge in [0.2, 0.25) is 5.91 Å². The van der Waals surface area contributed by atoms with Crippen molar-refractivity contribution in [1.82, 2.24) is 5.32 Å². The van der Waals surface area contributed by atoms with Crippen molar-refractivity contribution in [2.24, 2.45) is 5.92 Å². The molecule has 28 heavy (non-hydrogen) atoms. The molecule has 0 spiro atoms. The van der Waals surface area contributed by atoms with E-state index in [4.69, 9.17) is 17.0 Å². The Kier molecular flexibility index (Phi) is 7.52. The molecule has 0 atom stereocenters. The zero-order valence-electron chi connectivity index (χ0n) is 16.5. The van der Waals surface area contributed by atoms with E-state index in [1.54, 1.807) is 49.5 Å². The summed E-state index contributed by atoms with van der Waals surface area (Å²) in [5.74, 6) is 0.476. The highest BCUT2D eigenvalue weighted by molar-refractivity contribution is 7.80. The van der Waals surface area contributed by atoms with Crippen molar-refractivity contribution in [1.29, 1.82) is 0 Å². The van der Waals surface area contributed by atoms with Crippen LogP contribution in [0.4, 0.5) is 11.4 Å². The monoisotopic (exact) mass is 399 g/mol. The van der Waals surface area contributed by atoms with Gasteiger partial charge in [-0.15, -0.1) is 0 Å². The van der Waals surface area contributed by atoms with Gasteiger partial charge in [0, 0.05) is 25.3 Å². The second-order valence-corrected chi connectivity index (χ2v) is 7.14. The molecule has 0 aromatic heterocycles.